The maximum atomic E-state index is 13.0. The summed E-state index contributed by atoms with van der Waals surface area (Å²) in [5.74, 6) is -2.24. The number of benzene rings is 3. The lowest BCUT2D eigenvalue weighted by molar-refractivity contribution is -0.155. The number of esters is 1. The molecule has 2 N–H and O–H groups in total. The molecule has 0 heterocycles. The van der Waals surface area contributed by atoms with E-state index in [0.29, 0.717) is 16.8 Å². The molecule has 0 bridgehead atoms. The van der Waals surface area contributed by atoms with Crippen LogP contribution in [-0.2, 0) is 14.3 Å². The Balaban J connectivity index is 1.71. The molecule has 2 atom stereocenters. The molecule has 0 aliphatic heterocycles. The third-order valence-corrected chi connectivity index (χ3v) is 4.45. The zero-order valence-electron chi connectivity index (χ0n) is 16.7. The van der Waals surface area contributed by atoms with Crippen LogP contribution in [0.15, 0.2) is 84.9 Å². The van der Waals surface area contributed by atoms with E-state index in [2.05, 4.69) is 10.6 Å². The number of hydrogen-bond donors (Lipinski definition) is 2. The van der Waals surface area contributed by atoms with E-state index in [9.17, 15) is 18.8 Å². The van der Waals surface area contributed by atoms with Crippen LogP contribution in [0.25, 0.3) is 0 Å². The van der Waals surface area contributed by atoms with Gasteiger partial charge < -0.3 is 15.4 Å². The van der Waals surface area contributed by atoms with Crippen LogP contribution in [0.2, 0.25) is 0 Å². The van der Waals surface area contributed by atoms with Gasteiger partial charge in [-0.15, -0.1) is 0 Å². The molecule has 0 unspecified atom stereocenters. The lowest BCUT2D eigenvalue weighted by Crippen LogP contribution is -2.38. The molecule has 0 fully saturated rings. The van der Waals surface area contributed by atoms with Crippen molar-refractivity contribution in [1.29, 1.82) is 0 Å². The number of carbonyl (C=O) groups excluding carboxylic acids is 3. The van der Waals surface area contributed by atoms with Crippen molar-refractivity contribution < 1.29 is 23.5 Å². The number of anilines is 1. The highest BCUT2D eigenvalue weighted by atomic mass is 19.1. The molecule has 3 rings (SSSR count). The Labute approximate surface area is 179 Å². The molecule has 0 aliphatic rings. The first kappa shape index (κ1) is 21.7. The fourth-order valence-corrected chi connectivity index (χ4v) is 2.80. The van der Waals surface area contributed by atoms with Crippen molar-refractivity contribution in [3.05, 3.63) is 102 Å². The summed E-state index contributed by atoms with van der Waals surface area (Å²) in [6.07, 6.45) is -1.14. The summed E-state index contributed by atoms with van der Waals surface area (Å²) in [5, 5.41) is 5.21. The summed E-state index contributed by atoms with van der Waals surface area (Å²) in [7, 11) is 0. The van der Waals surface area contributed by atoms with Crippen LogP contribution in [0.4, 0.5) is 10.1 Å². The second-order valence-electron chi connectivity index (χ2n) is 6.76. The lowest BCUT2D eigenvalue weighted by Gasteiger charge is -2.21. The molecule has 0 aliphatic carbocycles. The summed E-state index contributed by atoms with van der Waals surface area (Å²) < 4.78 is 18.3. The topological polar surface area (TPSA) is 84.5 Å². The van der Waals surface area contributed by atoms with Gasteiger partial charge in [0.15, 0.2) is 12.1 Å². The van der Waals surface area contributed by atoms with Crippen LogP contribution in [0, 0.1) is 5.82 Å². The largest absolute Gasteiger partial charge is 0.451 e. The van der Waals surface area contributed by atoms with Crippen molar-refractivity contribution in [1.82, 2.24) is 5.32 Å². The minimum atomic E-state index is -1.14. The number of ether oxygens (including phenoxy) is 1. The Bertz CT molecular complexity index is 1040. The fourth-order valence-electron chi connectivity index (χ4n) is 2.80. The zero-order chi connectivity index (χ0) is 22.2. The van der Waals surface area contributed by atoms with Gasteiger partial charge in [-0.05, 0) is 48.9 Å². The van der Waals surface area contributed by atoms with Gasteiger partial charge in [0.1, 0.15) is 5.82 Å². The standard InChI is InChI=1S/C24H21FN2O4/c1-16(22(28)26-20-14-12-19(25)13-15-20)31-24(30)21(17-8-4-2-5-9-17)27-23(29)18-10-6-3-7-11-18/h2-16,21H,1H3,(H,26,28)(H,27,29)/t16-,21-/m1/s1. The lowest BCUT2D eigenvalue weighted by atomic mass is 10.1. The van der Waals surface area contributed by atoms with Gasteiger partial charge in [-0.25, -0.2) is 9.18 Å². The molecule has 0 radical (unpaired) electrons. The molecule has 0 spiro atoms. The van der Waals surface area contributed by atoms with Crippen molar-refractivity contribution in [3.8, 4) is 0 Å². The van der Waals surface area contributed by atoms with Gasteiger partial charge >= 0.3 is 5.97 Å². The van der Waals surface area contributed by atoms with Crippen LogP contribution < -0.4 is 10.6 Å². The number of hydrogen-bond acceptors (Lipinski definition) is 4. The van der Waals surface area contributed by atoms with E-state index in [1.807, 2.05) is 0 Å². The number of rotatable bonds is 7. The predicted octanol–water partition coefficient (Wildman–Crippen LogP) is 3.87. The molecule has 158 valence electrons. The van der Waals surface area contributed by atoms with Crippen molar-refractivity contribution >= 4 is 23.5 Å². The molecule has 3 aromatic carbocycles. The highest BCUT2D eigenvalue weighted by Crippen LogP contribution is 2.17. The van der Waals surface area contributed by atoms with Gasteiger partial charge in [0.25, 0.3) is 11.8 Å². The van der Waals surface area contributed by atoms with Crippen LogP contribution in [0.3, 0.4) is 0 Å². The monoisotopic (exact) mass is 420 g/mol. The molecule has 0 saturated carbocycles. The third kappa shape index (κ3) is 5.99. The SMILES string of the molecule is C[C@@H](OC(=O)[C@H](NC(=O)c1ccccc1)c1ccccc1)C(=O)Nc1ccc(F)cc1. The van der Waals surface area contributed by atoms with Crippen molar-refractivity contribution in [3.63, 3.8) is 0 Å². The average molecular weight is 420 g/mol. The van der Waals surface area contributed by atoms with Gasteiger partial charge in [0.2, 0.25) is 0 Å². The van der Waals surface area contributed by atoms with Crippen molar-refractivity contribution in [2.75, 3.05) is 5.32 Å². The number of halogens is 1. The summed E-state index contributed by atoms with van der Waals surface area (Å²) >= 11 is 0. The van der Waals surface area contributed by atoms with Gasteiger partial charge in [0, 0.05) is 11.3 Å². The van der Waals surface area contributed by atoms with E-state index in [0.717, 1.165) is 0 Å². The number of amides is 2. The predicted molar refractivity (Wildman–Crippen MR) is 114 cm³/mol. The first-order chi connectivity index (χ1) is 14.9. The highest BCUT2D eigenvalue weighted by Gasteiger charge is 2.28. The minimum absolute atomic E-state index is 0.367. The van der Waals surface area contributed by atoms with Crippen LogP contribution in [0.1, 0.15) is 28.9 Å². The summed E-state index contributed by atoms with van der Waals surface area (Å²) in [4.78, 5) is 37.8. The first-order valence-electron chi connectivity index (χ1n) is 9.62. The van der Waals surface area contributed by atoms with Crippen LogP contribution >= 0.6 is 0 Å². The molecule has 2 amide bonds. The molecular formula is C24H21FN2O4. The molecule has 0 saturated heterocycles. The van der Waals surface area contributed by atoms with E-state index in [1.165, 1.54) is 31.2 Å². The van der Waals surface area contributed by atoms with Gasteiger partial charge in [-0.2, -0.15) is 0 Å². The molecule has 3 aromatic rings. The Morgan fingerprint density at radius 2 is 1.42 bits per heavy atom. The van der Waals surface area contributed by atoms with E-state index in [4.69, 9.17) is 4.74 Å². The molecule has 31 heavy (non-hydrogen) atoms. The average Bonchev–Trinajstić information content (AvgIpc) is 2.79. The van der Waals surface area contributed by atoms with Gasteiger partial charge in [-0.3, -0.25) is 9.59 Å². The van der Waals surface area contributed by atoms with Crippen molar-refractivity contribution in [2.24, 2.45) is 0 Å². The number of nitrogens with one attached hydrogen (secondary N) is 2. The van der Waals surface area contributed by atoms with Gasteiger partial charge in [0.05, 0.1) is 0 Å². The van der Waals surface area contributed by atoms with E-state index >= 15 is 0 Å². The summed E-state index contributed by atoms with van der Waals surface area (Å²) in [5.41, 5.74) is 1.27. The zero-order valence-corrected chi connectivity index (χ0v) is 16.7. The smallest absolute Gasteiger partial charge is 0.334 e. The van der Waals surface area contributed by atoms with Crippen LogP contribution in [-0.4, -0.2) is 23.9 Å². The van der Waals surface area contributed by atoms with Crippen molar-refractivity contribution in [2.45, 2.75) is 19.1 Å². The first-order valence-corrected chi connectivity index (χ1v) is 9.62. The van der Waals surface area contributed by atoms with E-state index in [1.54, 1.807) is 60.7 Å². The highest BCUT2D eigenvalue weighted by molar-refractivity contribution is 5.98. The molecular weight excluding hydrogens is 399 g/mol. The quantitative estimate of drug-likeness (QED) is 0.569. The summed E-state index contributed by atoms with van der Waals surface area (Å²) in [6, 6.07) is 21.2. The Kier molecular flexibility index (Phi) is 7.11. The van der Waals surface area contributed by atoms with Crippen LogP contribution in [0.5, 0.6) is 0 Å². The minimum Gasteiger partial charge on any atom is -0.451 e. The fraction of sp³-hybridized carbons (Fsp3) is 0.125. The second kappa shape index (κ2) is 10.2. The number of carbonyl (C=O) groups is 3. The van der Waals surface area contributed by atoms with Gasteiger partial charge in [-0.1, -0.05) is 48.5 Å². The molecule has 6 nitrogen and oxygen atoms in total. The maximum Gasteiger partial charge on any atom is 0.334 e. The molecule has 0 aromatic heterocycles. The second-order valence-corrected chi connectivity index (χ2v) is 6.76. The molecule has 7 heteroatoms. The van der Waals surface area contributed by atoms with E-state index < -0.39 is 35.7 Å². The normalized spacial score (nSPS) is 12.3. The summed E-state index contributed by atoms with van der Waals surface area (Å²) in [6.45, 7) is 1.41. The maximum absolute atomic E-state index is 13.0. The van der Waals surface area contributed by atoms with E-state index in [-0.39, 0.29) is 0 Å². The Hall–Kier alpha value is -4.00. The Morgan fingerprint density at radius 3 is 2.03 bits per heavy atom. The Morgan fingerprint density at radius 1 is 0.839 bits per heavy atom. The third-order valence-electron chi connectivity index (χ3n) is 4.45.